The fourth-order valence-electron chi connectivity index (χ4n) is 2.20. The Kier molecular flexibility index (Phi) is 8.22. The molecule has 122 valence electrons. The molecule has 0 spiro atoms. The Morgan fingerprint density at radius 3 is 2.45 bits per heavy atom. The van der Waals surface area contributed by atoms with Crippen LogP contribution in [-0.4, -0.2) is 24.5 Å². The third-order valence-corrected chi connectivity index (χ3v) is 3.55. The van der Waals surface area contributed by atoms with Crippen molar-refractivity contribution in [3.05, 3.63) is 29.8 Å². The summed E-state index contributed by atoms with van der Waals surface area (Å²) in [4.78, 5) is 23.1. The second-order valence-electron chi connectivity index (χ2n) is 5.63. The number of carboxylic acids is 1. The van der Waals surface area contributed by atoms with Gasteiger partial charge in [0, 0.05) is 5.69 Å². The van der Waals surface area contributed by atoms with Crippen LogP contribution in [0.1, 0.15) is 44.6 Å². The van der Waals surface area contributed by atoms with Crippen LogP contribution in [-0.2, 0) is 9.59 Å². The van der Waals surface area contributed by atoms with Gasteiger partial charge in [-0.1, -0.05) is 37.5 Å². The van der Waals surface area contributed by atoms with Gasteiger partial charge in [-0.05, 0) is 31.9 Å². The third-order valence-electron chi connectivity index (χ3n) is 3.55. The van der Waals surface area contributed by atoms with Gasteiger partial charge in [-0.15, -0.1) is 0 Å². The lowest BCUT2D eigenvalue weighted by Gasteiger charge is -2.16. The highest BCUT2D eigenvalue weighted by Gasteiger charge is 2.18. The van der Waals surface area contributed by atoms with Crippen molar-refractivity contribution < 1.29 is 20.0 Å². The Labute approximate surface area is 132 Å². The monoisotopic (exact) mass is 306 g/mol. The molecule has 5 heteroatoms. The predicted molar refractivity (Wildman–Crippen MR) is 84.2 cm³/mol. The average Bonchev–Trinajstić information content (AvgIpc) is 2.48. The predicted octanol–water partition coefficient (Wildman–Crippen LogP) is 0.586. The molecule has 0 saturated carbocycles. The molecule has 0 fully saturated rings. The summed E-state index contributed by atoms with van der Waals surface area (Å²) in [5.41, 5.74) is 1.78. The third kappa shape index (κ3) is 7.22. The van der Waals surface area contributed by atoms with Crippen LogP contribution in [0.25, 0.3) is 0 Å². The van der Waals surface area contributed by atoms with Gasteiger partial charge < -0.3 is 20.5 Å². The molecule has 0 heterocycles. The van der Waals surface area contributed by atoms with Crippen molar-refractivity contribution in [3.63, 3.8) is 0 Å². The molecule has 1 aromatic rings. The number of carboxylic acid groups (broad SMARTS) is 1. The molecule has 0 radical (unpaired) electrons. The van der Waals surface area contributed by atoms with Gasteiger partial charge in [0.1, 0.15) is 6.04 Å². The highest BCUT2D eigenvalue weighted by Crippen LogP contribution is 2.09. The van der Waals surface area contributed by atoms with Crippen molar-refractivity contribution in [2.75, 3.05) is 11.9 Å². The van der Waals surface area contributed by atoms with E-state index in [2.05, 4.69) is 12.2 Å². The quantitative estimate of drug-likeness (QED) is 0.620. The van der Waals surface area contributed by atoms with Gasteiger partial charge in [-0.2, -0.15) is 0 Å². The largest absolute Gasteiger partial charge is 0.544 e. The Bertz CT molecular complexity index is 471. The highest BCUT2D eigenvalue weighted by atomic mass is 16.4. The first-order valence-corrected chi connectivity index (χ1v) is 7.93. The number of aryl methyl sites for hydroxylation is 1. The van der Waals surface area contributed by atoms with Gasteiger partial charge in [0.25, 0.3) is 0 Å². The van der Waals surface area contributed by atoms with Crippen molar-refractivity contribution in [2.24, 2.45) is 0 Å². The highest BCUT2D eigenvalue weighted by molar-refractivity contribution is 5.93. The van der Waals surface area contributed by atoms with E-state index in [4.69, 9.17) is 0 Å². The van der Waals surface area contributed by atoms with Crippen molar-refractivity contribution in [1.29, 1.82) is 0 Å². The summed E-state index contributed by atoms with van der Waals surface area (Å²) in [6, 6.07) is 6.56. The zero-order chi connectivity index (χ0) is 16.4. The summed E-state index contributed by atoms with van der Waals surface area (Å²) in [5.74, 6) is -1.49. The maximum absolute atomic E-state index is 11.9. The number of amides is 1. The Morgan fingerprint density at radius 1 is 1.18 bits per heavy atom. The van der Waals surface area contributed by atoms with Crippen LogP contribution >= 0.6 is 0 Å². The minimum atomic E-state index is -1.19. The number of unbranched alkanes of at least 4 members (excludes halogenated alkanes) is 3. The lowest BCUT2D eigenvalue weighted by atomic mass is 10.1. The van der Waals surface area contributed by atoms with Crippen molar-refractivity contribution in [3.8, 4) is 0 Å². The number of benzene rings is 1. The lowest BCUT2D eigenvalue weighted by Crippen LogP contribution is -2.93. The van der Waals surface area contributed by atoms with Gasteiger partial charge in [-0.25, -0.2) is 0 Å². The zero-order valence-corrected chi connectivity index (χ0v) is 13.4. The average molecular weight is 306 g/mol. The number of aliphatic carboxylic acids is 1. The SMILES string of the molecule is CCCCCC[NH2+][C@@H](CC(=O)Nc1ccc(C)cc1)C(=O)[O-]. The first-order valence-electron chi connectivity index (χ1n) is 7.93. The number of carbonyl (C=O) groups is 2. The molecule has 5 nitrogen and oxygen atoms in total. The maximum atomic E-state index is 11.9. The first kappa shape index (κ1) is 18.2. The van der Waals surface area contributed by atoms with Gasteiger partial charge >= 0.3 is 0 Å². The summed E-state index contributed by atoms with van der Waals surface area (Å²) in [7, 11) is 0. The fourth-order valence-corrected chi connectivity index (χ4v) is 2.20. The van der Waals surface area contributed by atoms with Gasteiger partial charge in [-0.3, -0.25) is 4.79 Å². The first-order chi connectivity index (χ1) is 10.5. The Morgan fingerprint density at radius 2 is 1.86 bits per heavy atom. The van der Waals surface area contributed by atoms with Crippen molar-refractivity contribution in [2.45, 2.75) is 52.0 Å². The van der Waals surface area contributed by atoms with Crippen molar-refractivity contribution in [1.82, 2.24) is 0 Å². The van der Waals surface area contributed by atoms with E-state index >= 15 is 0 Å². The van der Waals surface area contributed by atoms with E-state index in [1.54, 1.807) is 17.4 Å². The molecule has 0 unspecified atom stereocenters. The van der Waals surface area contributed by atoms with E-state index < -0.39 is 12.0 Å². The van der Waals surface area contributed by atoms with Crippen LogP contribution in [0.5, 0.6) is 0 Å². The van der Waals surface area contributed by atoms with E-state index in [0.29, 0.717) is 12.2 Å². The number of rotatable bonds is 10. The number of hydrogen-bond donors (Lipinski definition) is 2. The summed E-state index contributed by atoms with van der Waals surface area (Å²) in [6.45, 7) is 4.80. The molecule has 0 aliphatic rings. The van der Waals surface area contributed by atoms with E-state index in [1.165, 1.54) is 0 Å². The number of hydrogen-bond acceptors (Lipinski definition) is 3. The minimum absolute atomic E-state index is 0.0794. The van der Waals surface area contributed by atoms with E-state index in [-0.39, 0.29) is 12.3 Å². The lowest BCUT2D eigenvalue weighted by molar-refractivity contribution is -0.682. The van der Waals surface area contributed by atoms with Gasteiger partial charge in [0.15, 0.2) is 0 Å². The fraction of sp³-hybridized carbons (Fsp3) is 0.529. The summed E-state index contributed by atoms with van der Waals surface area (Å²) < 4.78 is 0. The minimum Gasteiger partial charge on any atom is -0.544 e. The van der Waals surface area contributed by atoms with Crippen LogP contribution < -0.4 is 15.7 Å². The molecular weight excluding hydrogens is 280 g/mol. The molecule has 1 atom stereocenters. The van der Waals surface area contributed by atoms with Crippen LogP contribution in [0.2, 0.25) is 0 Å². The summed E-state index contributed by atoms with van der Waals surface area (Å²) in [6.07, 6.45) is 4.25. The second kappa shape index (κ2) is 9.95. The van der Waals surface area contributed by atoms with Gasteiger partial charge in [0.2, 0.25) is 5.91 Å². The van der Waals surface area contributed by atoms with Crippen LogP contribution in [0.3, 0.4) is 0 Å². The molecule has 0 aromatic heterocycles. The molecule has 3 N–H and O–H groups in total. The number of quaternary nitrogens is 1. The number of nitrogens with one attached hydrogen (secondary N) is 1. The number of nitrogens with two attached hydrogens (primary N) is 1. The summed E-state index contributed by atoms with van der Waals surface area (Å²) in [5, 5.41) is 15.5. The zero-order valence-electron chi connectivity index (χ0n) is 13.4. The Balaban J connectivity index is 2.39. The maximum Gasteiger partial charge on any atom is 0.230 e. The molecule has 0 aliphatic heterocycles. The topological polar surface area (TPSA) is 85.8 Å². The second-order valence-corrected chi connectivity index (χ2v) is 5.63. The van der Waals surface area contributed by atoms with E-state index in [0.717, 1.165) is 31.2 Å². The molecule has 22 heavy (non-hydrogen) atoms. The van der Waals surface area contributed by atoms with E-state index in [1.807, 2.05) is 19.1 Å². The smallest absolute Gasteiger partial charge is 0.230 e. The molecule has 0 aliphatic carbocycles. The van der Waals surface area contributed by atoms with Crippen LogP contribution in [0.4, 0.5) is 5.69 Å². The van der Waals surface area contributed by atoms with Crippen LogP contribution in [0, 0.1) is 6.92 Å². The summed E-state index contributed by atoms with van der Waals surface area (Å²) >= 11 is 0. The molecule has 1 aromatic carbocycles. The standard InChI is InChI=1S/C17H26N2O3/c1-3-4-5-6-11-18-15(17(21)22)12-16(20)19-14-9-7-13(2)8-10-14/h7-10,15,18H,3-6,11-12H2,1-2H3,(H,19,20)(H,21,22)/t15-/m0/s1. The molecule has 0 saturated heterocycles. The number of carbonyl (C=O) groups excluding carboxylic acids is 2. The molecular formula is C17H26N2O3. The van der Waals surface area contributed by atoms with Gasteiger partial charge in [0.05, 0.1) is 18.9 Å². The molecule has 0 bridgehead atoms. The Hall–Kier alpha value is -1.88. The number of anilines is 1. The van der Waals surface area contributed by atoms with Crippen LogP contribution in [0.15, 0.2) is 24.3 Å². The van der Waals surface area contributed by atoms with E-state index in [9.17, 15) is 14.7 Å². The molecule has 1 amide bonds. The molecule has 1 rings (SSSR count). The normalized spacial score (nSPS) is 11.9. The van der Waals surface area contributed by atoms with Crippen molar-refractivity contribution >= 4 is 17.6 Å².